The Labute approximate surface area is 157 Å². The van der Waals surface area contributed by atoms with Gasteiger partial charge < -0.3 is 5.32 Å². The van der Waals surface area contributed by atoms with Crippen molar-refractivity contribution in [1.82, 2.24) is 5.32 Å². The third-order valence-corrected chi connectivity index (χ3v) is 6.42. The lowest BCUT2D eigenvalue weighted by atomic mass is 9.84. The Morgan fingerprint density at radius 1 is 0.846 bits per heavy atom. The summed E-state index contributed by atoms with van der Waals surface area (Å²) < 4.78 is 0. The fourth-order valence-electron chi connectivity index (χ4n) is 4.89. The third kappa shape index (κ3) is 3.56. The second-order valence-corrected chi connectivity index (χ2v) is 8.09. The first-order valence-corrected chi connectivity index (χ1v) is 10.2. The van der Waals surface area contributed by atoms with E-state index in [-0.39, 0.29) is 17.9 Å². The van der Waals surface area contributed by atoms with E-state index < -0.39 is 0 Å². The van der Waals surface area contributed by atoms with E-state index in [0.29, 0.717) is 17.8 Å². The van der Waals surface area contributed by atoms with Crippen molar-refractivity contribution in [1.29, 1.82) is 0 Å². The Morgan fingerprint density at radius 2 is 1.35 bits per heavy atom. The Kier molecular flexibility index (Phi) is 5.10. The van der Waals surface area contributed by atoms with Crippen molar-refractivity contribution >= 4 is 5.91 Å². The number of nitrogens with one attached hydrogen (secondary N) is 1. The van der Waals surface area contributed by atoms with Gasteiger partial charge in [0.15, 0.2) is 0 Å². The molecule has 1 unspecified atom stereocenters. The highest BCUT2D eigenvalue weighted by molar-refractivity contribution is 5.85. The third-order valence-electron chi connectivity index (χ3n) is 6.42. The average Bonchev–Trinajstić information content (AvgIpc) is 3.46. The molecule has 4 rings (SSSR count). The molecule has 2 saturated carbocycles. The van der Waals surface area contributed by atoms with Gasteiger partial charge >= 0.3 is 0 Å². The van der Waals surface area contributed by atoms with E-state index in [1.807, 2.05) is 12.1 Å². The summed E-state index contributed by atoms with van der Waals surface area (Å²) in [7, 11) is 0. The first-order valence-electron chi connectivity index (χ1n) is 10.2. The smallest absolute Gasteiger partial charge is 0.224 e. The molecule has 0 heterocycles. The van der Waals surface area contributed by atoms with Crippen LogP contribution in [0.4, 0.5) is 0 Å². The van der Waals surface area contributed by atoms with Gasteiger partial charge in [0.2, 0.25) is 5.91 Å². The first-order chi connectivity index (χ1) is 12.8. The van der Waals surface area contributed by atoms with E-state index in [4.69, 9.17) is 0 Å². The lowest BCUT2D eigenvalue weighted by molar-refractivity contribution is -0.123. The van der Waals surface area contributed by atoms with Gasteiger partial charge in [-0.1, -0.05) is 79.9 Å². The molecule has 2 aromatic rings. The molecule has 0 aromatic heterocycles. The van der Waals surface area contributed by atoms with Gasteiger partial charge in [0.05, 0.1) is 5.92 Å². The van der Waals surface area contributed by atoms with Crippen LogP contribution in [0.15, 0.2) is 60.7 Å². The van der Waals surface area contributed by atoms with E-state index in [1.165, 1.54) is 43.2 Å². The first kappa shape index (κ1) is 17.3. The van der Waals surface area contributed by atoms with Crippen LogP contribution in [0.5, 0.6) is 0 Å². The minimum Gasteiger partial charge on any atom is -0.353 e. The summed E-state index contributed by atoms with van der Waals surface area (Å²) in [6.45, 7) is 2.20. The molecule has 0 bridgehead atoms. The molecule has 2 fully saturated rings. The van der Waals surface area contributed by atoms with Gasteiger partial charge in [-0.15, -0.1) is 0 Å². The predicted octanol–water partition coefficient (Wildman–Crippen LogP) is 5.27. The zero-order valence-electron chi connectivity index (χ0n) is 15.6. The second kappa shape index (κ2) is 7.65. The number of hydrogen-bond acceptors (Lipinski definition) is 1. The SMILES string of the molecule is C[C@@H](NC(=O)C1[C@@H](c2ccccc2)[C@H]1c1ccccc1)C1CCCCC1. The number of carbonyl (C=O) groups excluding carboxylic acids is 1. The lowest BCUT2D eigenvalue weighted by Gasteiger charge is -2.28. The van der Waals surface area contributed by atoms with Crippen molar-refractivity contribution < 1.29 is 4.79 Å². The zero-order valence-corrected chi connectivity index (χ0v) is 15.6. The number of carbonyl (C=O) groups is 1. The highest BCUT2D eigenvalue weighted by Crippen LogP contribution is 2.60. The van der Waals surface area contributed by atoms with Crippen molar-refractivity contribution in [2.45, 2.75) is 56.9 Å². The van der Waals surface area contributed by atoms with Crippen LogP contribution in [0, 0.1) is 11.8 Å². The summed E-state index contributed by atoms with van der Waals surface area (Å²) in [4.78, 5) is 13.1. The van der Waals surface area contributed by atoms with Crippen LogP contribution >= 0.6 is 0 Å². The van der Waals surface area contributed by atoms with Crippen LogP contribution in [0.25, 0.3) is 0 Å². The zero-order chi connectivity index (χ0) is 17.9. The standard InChI is InChI=1S/C24H29NO/c1-17(18-11-5-2-6-12-18)25-24(26)23-21(19-13-7-3-8-14-19)22(23)20-15-9-4-10-16-20/h3-4,7-10,13-18,21-23H,2,5-6,11-12H2,1H3,(H,25,26)/t17-,21-,22+,23?/m1/s1. The molecule has 1 amide bonds. The Hall–Kier alpha value is -2.09. The number of hydrogen-bond donors (Lipinski definition) is 1. The van der Waals surface area contributed by atoms with E-state index >= 15 is 0 Å². The molecule has 2 aliphatic carbocycles. The molecular formula is C24H29NO. The Balaban J connectivity index is 1.50. The van der Waals surface area contributed by atoms with Gasteiger partial charge in [-0.2, -0.15) is 0 Å². The van der Waals surface area contributed by atoms with E-state index in [9.17, 15) is 4.79 Å². The van der Waals surface area contributed by atoms with Gasteiger partial charge in [0.25, 0.3) is 0 Å². The van der Waals surface area contributed by atoms with E-state index in [0.717, 1.165) is 0 Å². The van der Waals surface area contributed by atoms with Crippen LogP contribution in [-0.2, 0) is 4.79 Å². The summed E-state index contributed by atoms with van der Waals surface area (Å²) in [6.07, 6.45) is 6.50. The van der Waals surface area contributed by atoms with Crippen molar-refractivity contribution in [3.8, 4) is 0 Å². The van der Waals surface area contributed by atoms with Gasteiger partial charge in [-0.25, -0.2) is 0 Å². The van der Waals surface area contributed by atoms with Crippen molar-refractivity contribution in [3.05, 3.63) is 71.8 Å². The van der Waals surface area contributed by atoms with Gasteiger partial charge in [0.1, 0.15) is 0 Å². The summed E-state index contributed by atoms with van der Waals surface area (Å²) in [5, 5.41) is 3.37. The second-order valence-electron chi connectivity index (χ2n) is 8.09. The molecule has 0 spiro atoms. The molecule has 2 aliphatic rings. The van der Waals surface area contributed by atoms with Crippen LogP contribution in [0.1, 0.15) is 62.0 Å². The van der Waals surface area contributed by atoms with Crippen LogP contribution in [0.2, 0.25) is 0 Å². The molecule has 2 nitrogen and oxygen atoms in total. The predicted molar refractivity (Wildman–Crippen MR) is 106 cm³/mol. The highest BCUT2D eigenvalue weighted by atomic mass is 16.2. The topological polar surface area (TPSA) is 29.1 Å². The monoisotopic (exact) mass is 347 g/mol. The lowest BCUT2D eigenvalue weighted by Crippen LogP contribution is -2.40. The maximum absolute atomic E-state index is 13.1. The molecule has 26 heavy (non-hydrogen) atoms. The fourth-order valence-corrected chi connectivity index (χ4v) is 4.89. The van der Waals surface area contributed by atoms with Gasteiger partial charge in [-0.05, 0) is 36.8 Å². The van der Waals surface area contributed by atoms with Crippen LogP contribution in [-0.4, -0.2) is 11.9 Å². The number of rotatable bonds is 5. The number of benzene rings is 2. The molecule has 4 atom stereocenters. The molecule has 2 aromatic carbocycles. The molecule has 0 saturated heterocycles. The minimum absolute atomic E-state index is 0.0610. The Bertz CT molecular complexity index is 675. The van der Waals surface area contributed by atoms with Crippen LogP contribution in [0.3, 0.4) is 0 Å². The summed E-state index contributed by atoms with van der Waals surface area (Å²) >= 11 is 0. The van der Waals surface area contributed by atoms with E-state index in [1.54, 1.807) is 0 Å². The minimum atomic E-state index is 0.0610. The molecule has 0 aliphatic heterocycles. The van der Waals surface area contributed by atoms with Gasteiger partial charge in [-0.3, -0.25) is 4.79 Å². The van der Waals surface area contributed by atoms with Gasteiger partial charge in [0, 0.05) is 17.9 Å². The largest absolute Gasteiger partial charge is 0.353 e. The fraction of sp³-hybridized carbons (Fsp3) is 0.458. The Morgan fingerprint density at radius 3 is 1.85 bits per heavy atom. The van der Waals surface area contributed by atoms with E-state index in [2.05, 4.69) is 60.8 Å². The maximum Gasteiger partial charge on any atom is 0.224 e. The quantitative estimate of drug-likeness (QED) is 0.784. The average molecular weight is 348 g/mol. The van der Waals surface area contributed by atoms with Crippen molar-refractivity contribution in [2.75, 3.05) is 0 Å². The number of amides is 1. The summed E-state index contributed by atoms with van der Waals surface area (Å²) in [5.74, 6) is 1.56. The normalized spacial score (nSPS) is 26.9. The van der Waals surface area contributed by atoms with Crippen molar-refractivity contribution in [2.24, 2.45) is 11.8 Å². The summed E-state index contributed by atoms with van der Waals surface area (Å²) in [5.41, 5.74) is 2.57. The summed E-state index contributed by atoms with van der Waals surface area (Å²) in [6, 6.07) is 21.4. The molecule has 0 radical (unpaired) electrons. The molecule has 2 heteroatoms. The molecular weight excluding hydrogens is 318 g/mol. The molecule has 1 N–H and O–H groups in total. The highest BCUT2D eigenvalue weighted by Gasteiger charge is 2.56. The van der Waals surface area contributed by atoms with Crippen molar-refractivity contribution in [3.63, 3.8) is 0 Å². The van der Waals surface area contributed by atoms with Crippen LogP contribution < -0.4 is 5.32 Å². The maximum atomic E-state index is 13.1. The molecule has 136 valence electrons.